The molecule has 2 rings (SSSR count). The zero-order chi connectivity index (χ0) is 14.8. The largest absolute Gasteiger partial charge is 0.444 e. The van der Waals surface area contributed by atoms with Gasteiger partial charge < -0.3 is 14.7 Å². The van der Waals surface area contributed by atoms with Gasteiger partial charge in [-0.1, -0.05) is 30.3 Å². The van der Waals surface area contributed by atoms with Crippen molar-refractivity contribution in [3.05, 3.63) is 35.9 Å². The lowest BCUT2D eigenvalue weighted by Crippen LogP contribution is -2.42. The van der Waals surface area contributed by atoms with Crippen molar-refractivity contribution in [2.75, 3.05) is 13.2 Å². The Morgan fingerprint density at radius 2 is 2.00 bits per heavy atom. The van der Waals surface area contributed by atoms with E-state index in [1.54, 1.807) is 4.90 Å². The molecular formula is C16H23NO3. The number of aliphatic hydroxyl groups excluding tert-OH is 1. The van der Waals surface area contributed by atoms with Crippen LogP contribution in [0.15, 0.2) is 30.3 Å². The highest BCUT2D eigenvalue weighted by molar-refractivity contribution is 5.69. The minimum Gasteiger partial charge on any atom is -0.444 e. The van der Waals surface area contributed by atoms with Gasteiger partial charge in [-0.25, -0.2) is 4.79 Å². The maximum Gasteiger partial charge on any atom is 0.410 e. The zero-order valence-electron chi connectivity index (χ0n) is 12.4. The van der Waals surface area contributed by atoms with Gasteiger partial charge in [0.15, 0.2) is 0 Å². The molecule has 20 heavy (non-hydrogen) atoms. The number of likely N-dealkylation sites (tertiary alicyclic amines) is 1. The Balaban J connectivity index is 2.12. The van der Waals surface area contributed by atoms with Gasteiger partial charge in [-0.2, -0.15) is 0 Å². The third kappa shape index (κ3) is 3.31. The second-order valence-corrected chi connectivity index (χ2v) is 6.23. The first-order valence-electron chi connectivity index (χ1n) is 7.08. The van der Waals surface area contributed by atoms with Gasteiger partial charge in [-0.15, -0.1) is 0 Å². The minimum absolute atomic E-state index is 0.0429. The molecule has 0 saturated carbocycles. The Kier molecular flexibility index (Phi) is 4.33. The van der Waals surface area contributed by atoms with E-state index in [9.17, 15) is 9.90 Å². The van der Waals surface area contributed by atoms with Crippen LogP contribution < -0.4 is 0 Å². The number of hydrogen-bond donors (Lipinski definition) is 1. The summed E-state index contributed by atoms with van der Waals surface area (Å²) in [4.78, 5) is 13.9. The van der Waals surface area contributed by atoms with Gasteiger partial charge in [0.25, 0.3) is 0 Å². The summed E-state index contributed by atoms with van der Waals surface area (Å²) < 4.78 is 5.41. The molecule has 0 bridgehead atoms. The van der Waals surface area contributed by atoms with Crippen LogP contribution in [0.4, 0.5) is 4.79 Å². The molecule has 0 radical (unpaired) electrons. The Labute approximate surface area is 120 Å². The van der Waals surface area contributed by atoms with Gasteiger partial charge >= 0.3 is 6.09 Å². The first-order chi connectivity index (χ1) is 9.42. The Morgan fingerprint density at radius 3 is 2.55 bits per heavy atom. The maximum atomic E-state index is 12.2. The molecule has 0 unspecified atom stereocenters. The number of benzene rings is 1. The number of rotatable bonds is 2. The molecule has 1 aliphatic rings. The van der Waals surface area contributed by atoms with Crippen molar-refractivity contribution in [3.63, 3.8) is 0 Å². The fourth-order valence-corrected chi connectivity index (χ4v) is 2.72. The Morgan fingerprint density at radius 1 is 1.35 bits per heavy atom. The van der Waals surface area contributed by atoms with Crippen LogP contribution in [-0.2, 0) is 4.74 Å². The molecule has 2 atom stereocenters. The van der Waals surface area contributed by atoms with Crippen LogP contribution in [0.3, 0.4) is 0 Å². The zero-order valence-corrected chi connectivity index (χ0v) is 12.4. The number of ether oxygens (including phenoxy) is 1. The SMILES string of the molecule is CC(C)(C)OC(=O)N1CC[C@@H](c2ccccc2)[C@@H]1CO. The average molecular weight is 277 g/mol. The molecule has 1 saturated heterocycles. The van der Waals surface area contributed by atoms with Gasteiger partial charge in [0.05, 0.1) is 12.6 Å². The third-order valence-corrected chi connectivity index (χ3v) is 3.59. The van der Waals surface area contributed by atoms with E-state index in [0.717, 1.165) is 12.0 Å². The van der Waals surface area contributed by atoms with Crippen LogP contribution in [-0.4, -0.2) is 40.9 Å². The summed E-state index contributed by atoms with van der Waals surface area (Å²) in [5.41, 5.74) is 0.652. The highest BCUT2D eigenvalue weighted by Crippen LogP contribution is 2.34. The first kappa shape index (κ1) is 14.9. The molecule has 1 N–H and O–H groups in total. The average Bonchev–Trinajstić information content (AvgIpc) is 2.81. The van der Waals surface area contributed by atoms with Crippen molar-refractivity contribution in [1.82, 2.24) is 4.90 Å². The van der Waals surface area contributed by atoms with Crippen LogP contribution in [0, 0.1) is 0 Å². The molecule has 1 amide bonds. The van der Waals surface area contributed by atoms with Gasteiger partial charge in [0.1, 0.15) is 5.60 Å². The molecule has 0 aromatic heterocycles. The summed E-state index contributed by atoms with van der Waals surface area (Å²) in [6, 6.07) is 9.84. The Hall–Kier alpha value is -1.55. The lowest BCUT2D eigenvalue weighted by Gasteiger charge is -2.29. The molecule has 4 nitrogen and oxygen atoms in total. The van der Waals surface area contributed by atoms with E-state index < -0.39 is 5.60 Å². The number of carbonyl (C=O) groups excluding carboxylic acids is 1. The molecule has 0 spiro atoms. The van der Waals surface area contributed by atoms with Crippen molar-refractivity contribution in [1.29, 1.82) is 0 Å². The van der Waals surface area contributed by atoms with E-state index in [-0.39, 0.29) is 24.7 Å². The van der Waals surface area contributed by atoms with Gasteiger partial charge in [-0.05, 0) is 32.8 Å². The number of carbonyl (C=O) groups is 1. The normalized spacial score (nSPS) is 22.9. The number of hydrogen-bond acceptors (Lipinski definition) is 3. The molecule has 0 aliphatic carbocycles. The van der Waals surface area contributed by atoms with Crippen molar-refractivity contribution >= 4 is 6.09 Å². The molecule has 1 aromatic rings. The number of amides is 1. The monoisotopic (exact) mass is 277 g/mol. The van der Waals surface area contributed by atoms with Crippen LogP contribution in [0.5, 0.6) is 0 Å². The summed E-state index contributed by atoms with van der Waals surface area (Å²) in [7, 11) is 0. The van der Waals surface area contributed by atoms with Crippen LogP contribution in [0.25, 0.3) is 0 Å². The topological polar surface area (TPSA) is 49.8 Å². The van der Waals surface area contributed by atoms with Crippen LogP contribution in [0.1, 0.15) is 38.7 Å². The number of aliphatic hydroxyl groups is 1. The molecule has 4 heteroatoms. The summed E-state index contributed by atoms with van der Waals surface area (Å²) in [5.74, 6) is 0.175. The second-order valence-electron chi connectivity index (χ2n) is 6.23. The van der Waals surface area contributed by atoms with E-state index in [4.69, 9.17) is 4.74 Å². The van der Waals surface area contributed by atoms with E-state index in [0.29, 0.717) is 6.54 Å². The fourth-order valence-electron chi connectivity index (χ4n) is 2.72. The maximum absolute atomic E-state index is 12.2. The van der Waals surface area contributed by atoms with Crippen molar-refractivity contribution in [2.24, 2.45) is 0 Å². The highest BCUT2D eigenvalue weighted by Gasteiger charge is 2.39. The minimum atomic E-state index is -0.512. The molecule has 1 heterocycles. The predicted molar refractivity (Wildman–Crippen MR) is 77.6 cm³/mol. The summed E-state index contributed by atoms with van der Waals surface area (Å²) in [5, 5.41) is 9.67. The second kappa shape index (κ2) is 5.83. The van der Waals surface area contributed by atoms with Crippen LogP contribution in [0.2, 0.25) is 0 Å². The quantitative estimate of drug-likeness (QED) is 0.904. The predicted octanol–water partition coefficient (Wildman–Crippen LogP) is 2.77. The van der Waals surface area contributed by atoms with Crippen molar-refractivity contribution in [3.8, 4) is 0 Å². The van der Waals surface area contributed by atoms with Crippen molar-refractivity contribution < 1.29 is 14.6 Å². The molecule has 1 aromatic carbocycles. The van der Waals surface area contributed by atoms with E-state index in [1.807, 2.05) is 51.1 Å². The number of nitrogens with zero attached hydrogens (tertiary/aromatic N) is 1. The van der Waals surface area contributed by atoms with Gasteiger partial charge in [0.2, 0.25) is 0 Å². The fraction of sp³-hybridized carbons (Fsp3) is 0.562. The van der Waals surface area contributed by atoms with Crippen molar-refractivity contribution in [2.45, 2.75) is 44.8 Å². The lowest BCUT2D eigenvalue weighted by atomic mass is 9.92. The van der Waals surface area contributed by atoms with Gasteiger partial charge in [0, 0.05) is 12.5 Å². The van der Waals surface area contributed by atoms with E-state index in [1.165, 1.54) is 0 Å². The Bertz CT molecular complexity index is 453. The lowest BCUT2D eigenvalue weighted by molar-refractivity contribution is 0.0165. The van der Waals surface area contributed by atoms with E-state index in [2.05, 4.69) is 0 Å². The first-order valence-corrected chi connectivity index (χ1v) is 7.08. The molecular weight excluding hydrogens is 254 g/mol. The molecule has 110 valence electrons. The van der Waals surface area contributed by atoms with Crippen LogP contribution >= 0.6 is 0 Å². The summed E-state index contributed by atoms with van der Waals surface area (Å²) in [6.07, 6.45) is 0.518. The summed E-state index contributed by atoms with van der Waals surface area (Å²) in [6.45, 7) is 6.13. The molecule has 1 aliphatic heterocycles. The molecule has 1 fully saturated rings. The standard InChI is InChI=1S/C16H23NO3/c1-16(2,3)20-15(19)17-10-9-13(14(17)11-18)12-7-5-4-6-8-12/h4-8,13-14,18H,9-11H2,1-3H3/t13-,14-/m0/s1. The van der Waals surface area contributed by atoms with Gasteiger partial charge in [-0.3, -0.25) is 0 Å². The van der Waals surface area contributed by atoms with E-state index >= 15 is 0 Å². The third-order valence-electron chi connectivity index (χ3n) is 3.59. The smallest absolute Gasteiger partial charge is 0.410 e. The summed E-state index contributed by atoms with van der Waals surface area (Å²) >= 11 is 0. The highest BCUT2D eigenvalue weighted by atomic mass is 16.6.